The topological polar surface area (TPSA) is 39.2 Å². The Labute approximate surface area is 136 Å². The van der Waals surface area contributed by atoms with E-state index in [1.54, 1.807) is 23.1 Å². The van der Waals surface area contributed by atoms with E-state index < -0.39 is 5.60 Å². The maximum Gasteiger partial charge on any atom is 0.309 e. The van der Waals surface area contributed by atoms with E-state index in [2.05, 4.69) is 17.3 Å². The van der Waals surface area contributed by atoms with Crippen LogP contribution in [0.3, 0.4) is 0 Å². The highest BCUT2D eigenvalue weighted by atomic mass is 32.2. The van der Waals surface area contributed by atoms with Crippen molar-refractivity contribution in [2.45, 2.75) is 70.4 Å². The molecule has 120 valence electrons. The smallest absolute Gasteiger partial charge is 0.309 e. The number of esters is 1. The van der Waals surface area contributed by atoms with Crippen molar-refractivity contribution in [3.05, 3.63) is 10.4 Å². The van der Waals surface area contributed by atoms with Gasteiger partial charge in [0, 0.05) is 11.3 Å². The Kier molecular flexibility index (Phi) is 7.21. The summed E-state index contributed by atoms with van der Waals surface area (Å²) in [6.07, 6.45) is 4.94. The fourth-order valence-electron chi connectivity index (χ4n) is 2.03. The van der Waals surface area contributed by atoms with E-state index >= 15 is 0 Å². The number of ether oxygens (including phenoxy) is 1. The first-order valence-corrected chi connectivity index (χ1v) is 9.59. The van der Waals surface area contributed by atoms with E-state index in [0.717, 1.165) is 24.3 Å². The Morgan fingerprint density at radius 2 is 2.10 bits per heavy atom. The van der Waals surface area contributed by atoms with Crippen LogP contribution in [0.5, 0.6) is 0 Å². The number of hydrogen-bond donors (Lipinski definition) is 0. The molecule has 0 aliphatic rings. The van der Waals surface area contributed by atoms with Crippen molar-refractivity contribution in [3.63, 3.8) is 0 Å². The summed E-state index contributed by atoms with van der Waals surface area (Å²) in [5.41, 5.74) is -0.405. The summed E-state index contributed by atoms with van der Waals surface area (Å²) in [7, 11) is 0. The van der Waals surface area contributed by atoms with Crippen molar-refractivity contribution >= 4 is 29.1 Å². The molecule has 3 nitrogen and oxygen atoms in total. The lowest BCUT2D eigenvalue weighted by atomic mass is 9.95. The molecular formula is C16H27NO2S2. The van der Waals surface area contributed by atoms with Crippen molar-refractivity contribution in [1.29, 1.82) is 0 Å². The maximum absolute atomic E-state index is 12.0. The van der Waals surface area contributed by atoms with Crippen molar-refractivity contribution in [2.24, 2.45) is 5.92 Å². The van der Waals surface area contributed by atoms with Gasteiger partial charge in [-0.2, -0.15) is 0 Å². The van der Waals surface area contributed by atoms with Gasteiger partial charge in [0.2, 0.25) is 0 Å². The Hall–Kier alpha value is -0.550. The monoisotopic (exact) mass is 329 g/mol. The van der Waals surface area contributed by atoms with Crippen molar-refractivity contribution in [3.8, 4) is 0 Å². The SMILES string of the molecule is CCC(CCC(C)C(=O)OC(C)(C)C)c1nc(SC)cs1. The summed E-state index contributed by atoms with van der Waals surface area (Å²) >= 11 is 3.41. The average molecular weight is 330 g/mol. The van der Waals surface area contributed by atoms with E-state index in [9.17, 15) is 4.79 Å². The number of rotatable bonds is 7. The van der Waals surface area contributed by atoms with Crippen LogP contribution in [0, 0.1) is 5.92 Å². The van der Waals surface area contributed by atoms with Gasteiger partial charge in [-0.25, -0.2) is 4.98 Å². The van der Waals surface area contributed by atoms with Gasteiger partial charge in [-0.1, -0.05) is 13.8 Å². The van der Waals surface area contributed by atoms with Gasteiger partial charge in [0.25, 0.3) is 0 Å². The number of aromatic nitrogens is 1. The lowest BCUT2D eigenvalue weighted by molar-refractivity contribution is -0.159. The normalized spacial score (nSPS) is 14.8. The van der Waals surface area contributed by atoms with Crippen molar-refractivity contribution in [2.75, 3.05) is 6.26 Å². The minimum atomic E-state index is -0.405. The molecule has 0 aliphatic carbocycles. The van der Waals surface area contributed by atoms with Gasteiger partial charge in [-0.05, 0) is 46.3 Å². The van der Waals surface area contributed by atoms with Gasteiger partial charge >= 0.3 is 5.97 Å². The van der Waals surface area contributed by atoms with Crippen molar-refractivity contribution < 1.29 is 9.53 Å². The Morgan fingerprint density at radius 3 is 2.57 bits per heavy atom. The molecule has 2 atom stereocenters. The molecule has 2 unspecified atom stereocenters. The first kappa shape index (κ1) is 18.5. The standard InChI is InChI=1S/C16H27NO2S2/c1-7-12(14-17-13(20-6)10-21-14)9-8-11(2)15(18)19-16(3,4)5/h10-12H,7-9H2,1-6H3. The highest BCUT2D eigenvalue weighted by Crippen LogP contribution is 2.31. The molecule has 1 rings (SSSR count). The number of thioether (sulfide) groups is 1. The average Bonchev–Trinajstić information content (AvgIpc) is 2.86. The Morgan fingerprint density at radius 1 is 1.43 bits per heavy atom. The van der Waals surface area contributed by atoms with E-state index in [4.69, 9.17) is 4.74 Å². The largest absolute Gasteiger partial charge is 0.460 e. The quantitative estimate of drug-likeness (QED) is 0.514. The molecule has 0 saturated heterocycles. The summed E-state index contributed by atoms with van der Waals surface area (Å²) in [5.74, 6) is 0.292. The molecule has 1 aromatic heterocycles. The molecule has 1 aromatic rings. The number of thiazole rings is 1. The number of nitrogens with zero attached hydrogens (tertiary/aromatic N) is 1. The second kappa shape index (κ2) is 8.18. The summed E-state index contributed by atoms with van der Waals surface area (Å²) in [5, 5.41) is 4.40. The van der Waals surface area contributed by atoms with Crippen LogP contribution in [0.4, 0.5) is 0 Å². The minimum Gasteiger partial charge on any atom is -0.460 e. The summed E-state index contributed by atoms with van der Waals surface area (Å²) in [6.45, 7) is 9.86. The lowest BCUT2D eigenvalue weighted by Crippen LogP contribution is -2.27. The van der Waals surface area contributed by atoms with Gasteiger partial charge < -0.3 is 4.74 Å². The molecule has 5 heteroatoms. The van der Waals surface area contributed by atoms with E-state index in [1.807, 2.05) is 34.0 Å². The molecule has 0 aromatic carbocycles. The summed E-state index contributed by atoms with van der Waals surface area (Å²) in [6, 6.07) is 0. The maximum atomic E-state index is 12.0. The first-order valence-electron chi connectivity index (χ1n) is 7.49. The number of hydrogen-bond acceptors (Lipinski definition) is 5. The van der Waals surface area contributed by atoms with E-state index in [0.29, 0.717) is 5.92 Å². The predicted molar refractivity (Wildman–Crippen MR) is 91.2 cm³/mol. The first-order chi connectivity index (χ1) is 9.76. The molecule has 0 N–H and O–H groups in total. The second-order valence-corrected chi connectivity index (χ2v) is 8.06. The Balaban J connectivity index is 2.53. The van der Waals surface area contributed by atoms with Crippen LogP contribution in [0.2, 0.25) is 0 Å². The fraction of sp³-hybridized carbons (Fsp3) is 0.750. The zero-order valence-electron chi connectivity index (χ0n) is 13.9. The van der Waals surface area contributed by atoms with Crippen LogP contribution in [0.1, 0.15) is 64.8 Å². The molecule has 0 bridgehead atoms. The van der Waals surface area contributed by atoms with Crippen LogP contribution in [0.15, 0.2) is 10.4 Å². The molecule has 0 fully saturated rings. The van der Waals surface area contributed by atoms with Crippen LogP contribution in [-0.2, 0) is 9.53 Å². The van der Waals surface area contributed by atoms with Crippen LogP contribution < -0.4 is 0 Å². The van der Waals surface area contributed by atoms with Crippen molar-refractivity contribution in [1.82, 2.24) is 4.98 Å². The molecule has 21 heavy (non-hydrogen) atoms. The third-order valence-electron chi connectivity index (χ3n) is 3.31. The Bertz CT molecular complexity index is 451. The van der Waals surface area contributed by atoms with Gasteiger partial charge in [-0.3, -0.25) is 4.79 Å². The fourth-order valence-corrected chi connectivity index (χ4v) is 3.71. The van der Waals surface area contributed by atoms with Gasteiger partial charge in [0.05, 0.1) is 10.9 Å². The van der Waals surface area contributed by atoms with Gasteiger partial charge in [-0.15, -0.1) is 23.1 Å². The molecular weight excluding hydrogens is 302 g/mol. The van der Waals surface area contributed by atoms with Crippen LogP contribution >= 0.6 is 23.1 Å². The highest BCUT2D eigenvalue weighted by Gasteiger charge is 2.23. The highest BCUT2D eigenvalue weighted by molar-refractivity contribution is 7.98. The third-order valence-corrected chi connectivity index (χ3v) is 5.09. The van der Waals surface area contributed by atoms with E-state index in [1.165, 1.54) is 5.01 Å². The molecule has 0 radical (unpaired) electrons. The minimum absolute atomic E-state index is 0.0572. The number of carbonyl (C=O) groups excluding carboxylic acids is 1. The van der Waals surface area contributed by atoms with Gasteiger partial charge in [0.1, 0.15) is 10.6 Å². The molecule has 0 aliphatic heterocycles. The molecule has 0 amide bonds. The predicted octanol–water partition coefficient (Wildman–Crippen LogP) is 5.12. The molecule has 1 heterocycles. The summed E-state index contributed by atoms with van der Waals surface area (Å²) < 4.78 is 5.44. The van der Waals surface area contributed by atoms with Crippen LogP contribution in [0.25, 0.3) is 0 Å². The molecule has 0 spiro atoms. The zero-order valence-corrected chi connectivity index (χ0v) is 15.6. The zero-order chi connectivity index (χ0) is 16.0. The second-order valence-electron chi connectivity index (χ2n) is 6.35. The van der Waals surface area contributed by atoms with E-state index in [-0.39, 0.29) is 11.9 Å². The van der Waals surface area contributed by atoms with Crippen LogP contribution in [-0.4, -0.2) is 22.8 Å². The summed E-state index contributed by atoms with van der Waals surface area (Å²) in [4.78, 5) is 16.7. The third kappa shape index (κ3) is 6.39. The lowest BCUT2D eigenvalue weighted by Gasteiger charge is -2.23. The number of carbonyl (C=O) groups is 1. The van der Waals surface area contributed by atoms with Gasteiger partial charge in [0.15, 0.2) is 0 Å². The molecule has 0 saturated carbocycles.